The zero-order valence-corrected chi connectivity index (χ0v) is 9.44. The average molecular weight is 209 g/mol. The first-order valence-corrected chi connectivity index (χ1v) is 5.61. The lowest BCUT2D eigenvalue weighted by Crippen LogP contribution is -2.15. The summed E-state index contributed by atoms with van der Waals surface area (Å²) >= 11 is 0. The fourth-order valence-corrected chi connectivity index (χ4v) is 2.46. The molecule has 0 amide bonds. The van der Waals surface area contributed by atoms with Crippen molar-refractivity contribution in [3.63, 3.8) is 0 Å². The van der Waals surface area contributed by atoms with Crippen LogP contribution in [0.2, 0.25) is 0 Å². The molecule has 0 radical (unpaired) electrons. The Kier molecular flexibility index (Phi) is 2.95. The molecule has 0 spiro atoms. The second-order valence-electron chi connectivity index (χ2n) is 4.18. The van der Waals surface area contributed by atoms with Crippen molar-refractivity contribution in [1.82, 2.24) is 9.78 Å². The van der Waals surface area contributed by atoms with E-state index in [0.29, 0.717) is 12.0 Å². The van der Waals surface area contributed by atoms with Gasteiger partial charge in [-0.2, -0.15) is 5.10 Å². The molecule has 1 aliphatic carbocycles. The molecular formula is C11H19N3O. The van der Waals surface area contributed by atoms with E-state index in [1.807, 2.05) is 10.9 Å². The molecule has 1 aliphatic rings. The summed E-state index contributed by atoms with van der Waals surface area (Å²) in [6, 6.07) is 0.347. The SMILES string of the molecule is CCn1ncc(OC)c1C1CCC(N)C1. The Hall–Kier alpha value is -1.03. The van der Waals surface area contributed by atoms with Crippen LogP contribution in [-0.4, -0.2) is 22.9 Å². The summed E-state index contributed by atoms with van der Waals surface area (Å²) in [4.78, 5) is 0. The normalized spacial score (nSPS) is 25.8. The Morgan fingerprint density at radius 3 is 2.93 bits per heavy atom. The van der Waals surface area contributed by atoms with Crippen LogP contribution in [0, 0.1) is 0 Å². The molecule has 2 rings (SSSR count). The van der Waals surface area contributed by atoms with Crippen molar-refractivity contribution in [2.24, 2.45) is 5.73 Å². The van der Waals surface area contributed by atoms with Gasteiger partial charge in [-0.3, -0.25) is 4.68 Å². The fraction of sp³-hybridized carbons (Fsp3) is 0.727. The molecule has 1 fully saturated rings. The Morgan fingerprint density at radius 2 is 2.40 bits per heavy atom. The molecule has 4 nitrogen and oxygen atoms in total. The molecule has 2 atom stereocenters. The van der Waals surface area contributed by atoms with Crippen LogP contribution in [-0.2, 0) is 6.54 Å². The van der Waals surface area contributed by atoms with Gasteiger partial charge >= 0.3 is 0 Å². The predicted octanol–water partition coefficient (Wildman–Crippen LogP) is 1.51. The number of hydrogen-bond donors (Lipinski definition) is 1. The number of nitrogens with two attached hydrogens (primary N) is 1. The first-order chi connectivity index (χ1) is 7.26. The van der Waals surface area contributed by atoms with Crippen molar-refractivity contribution in [2.75, 3.05) is 7.11 Å². The van der Waals surface area contributed by atoms with Crippen molar-refractivity contribution in [2.45, 2.75) is 44.7 Å². The van der Waals surface area contributed by atoms with Gasteiger partial charge in [-0.05, 0) is 26.2 Å². The van der Waals surface area contributed by atoms with Gasteiger partial charge in [-0.25, -0.2) is 0 Å². The van der Waals surface area contributed by atoms with Crippen LogP contribution < -0.4 is 10.5 Å². The summed E-state index contributed by atoms with van der Waals surface area (Å²) in [6.45, 7) is 3.00. The summed E-state index contributed by atoms with van der Waals surface area (Å²) in [5.41, 5.74) is 7.17. The van der Waals surface area contributed by atoms with Gasteiger partial charge in [0.25, 0.3) is 0 Å². The van der Waals surface area contributed by atoms with Crippen molar-refractivity contribution in [3.8, 4) is 5.75 Å². The standard InChI is InChI=1S/C11H19N3O/c1-3-14-11(10(15-2)7-13-14)8-4-5-9(12)6-8/h7-9H,3-6,12H2,1-2H3. The van der Waals surface area contributed by atoms with Gasteiger partial charge in [0.05, 0.1) is 19.0 Å². The first-order valence-electron chi connectivity index (χ1n) is 5.61. The maximum Gasteiger partial charge on any atom is 0.160 e. The van der Waals surface area contributed by atoms with Gasteiger partial charge in [0.15, 0.2) is 5.75 Å². The Morgan fingerprint density at radius 1 is 1.60 bits per heavy atom. The van der Waals surface area contributed by atoms with Gasteiger partial charge in [0.2, 0.25) is 0 Å². The monoisotopic (exact) mass is 209 g/mol. The molecular weight excluding hydrogens is 190 g/mol. The molecule has 1 heterocycles. The van der Waals surface area contributed by atoms with Gasteiger partial charge in [0, 0.05) is 18.5 Å². The second-order valence-corrected chi connectivity index (χ2v) is 4.18. The third kappa shape index (κ3) is 1.86. The van der Waals surface area contributed by atoms with Crippen LogP contribution in [0.25, 0.3) is 0 Å². The van der Waals surface area contributed by atoms with Crippen molar-refractivity contribution < 1.29 is 4.74 Å². The van der Waals surface area contributed by atoms with Crippen LogP contribution >= 0.6 is 0 Å². The van der Waals surface area contributed by atoms with E-state index in [1.54, 1.807) is 7.11 Å². The van der Waals surface area contributed by atoms with E-state index in [4.69, 9.17) is 10.5 Å². The highest BCUT2D eigenvalue weighted by Gasteiger charge is 2.28. The molecule has 0 aliphatic heterocycles. The molecule has 1 aromatic rings. The number of rotatable bonds is 3. The molecule has 0 aromatic carbocycles. The lowest BCUT2D eigenvalue weighted by atomic mass is 10.0. The maximum absolute atomic E-state index is 5.94. The van der Waals surface area contributed by atoms with Crippen LogP contribution in [0.1, 0.15) is 37.8 Å². The molecule has 2 unspecified atom stereocenters. The van der Waals surface area contributed by atoms with Crippen LogP contribution in [0.4, 0.5) is 0 Å². The molecule has 15 heavy (non-hydrogen) atoms. The predicted molar refractivity (Wildman–Crippen MR) is 59.0 cm³/mol. The zero-order valence-electron chi connectivity index (χ0n) is 9.44. The average Bonchev–Trinajstić information content (AvgIpc) is 2.82. The molecule has 1 aromatic heterocycles. The maximum atomic E-state index is 5.94. The quantitative estimate of drug-likeness (QED) is 0.821. The topological polar surface area (TPSA) is 53.1 Å². The second kappa shape index (κ2) is 4.23. The highest BCUT2D eigenvalue weighted by molar-refractivity contribution is 5.29. The highest BCUT2D eigenvalue weighted by Crippen LogP contribution is 2.38. The van der Waals surface area contributed by atoms with E-state index in [1.165, 1.54) is 5.69 Å². The number of aromatic nitrogens is 2. The van der Waals surface area contributed by atoms with Crippen LogP contribution in [0.15, 0.2) is 6.20 Å². The first kappa shape index (κ1) is 10.5. The smallest absolute Gasteiger partial charge is 0.160 e. The minimum absolute atomic E-state index is 0.347. The van der Waals surface area contributed by atoms with Gasteiger partial charge in [0.1, 0.15) is 0 Å². The highest BCUT2D eigenvalue weighted by atomic mass is 16.5. The molecule has 0 saturated heterocycles. The molecule has 4 heteroatoms. The van der Waals surface area contributed by atoms with Crippen LogP contribution in [0.5, 0.6) is 5.75 Å². The minimum Gasteiger partial charge on any atom is -0.493 e. The zero-order chi connectivity index (χ0) is 10.8. The van der Waals surface area contributed by atoms with Gasteiger partial charge < -0.3 is 10.5 Å². The molecule has 84 valence electrons. The number of ether oxygens (including phenoxy) is 1. The lowest BCUT2D eigenvalue weighted by molar-refractivity contribution is 0.401. The van der Waals surface area contributed by atoms with E-state index in [-0.39, 0.29) is 0 Å². The molecule has 2 N–H and O–H groups in total. The van der Waals surface area contributed by atoms with E-state index in [0.717, 1.165) is 31.6 Å². The number of nitrogens with zero attached hydrogens (tertiary/aromatic N) is 2. The Labute approximate surface area is 90.4 Å². The summed E-state index contributed by atoms with van der Waals surface area (Å²) in [6.07, 6.45) is 5.14. The van der Waals surface area contributed by atoms with E-state index in [2.05, 4.69) is 12.0 Å². The Bertz CT molecular complexity index is 313. The summed E-state index contributed by atoms with van der Waals surface area (Å²) < 4.78 is 7.38. The third-order valence-corrected chi connectivity index (χ3v) is 3.22. The fourth-order valence-electron chi connectivity index (χ4n) is 2.46. The molecule has 0 bridgehead atoms. The van der Waals surface area contributed by atoms with E-state index in [9.17, 15) is 0 Å². The van der Waals surface area contributed by atoms with Gasteiger partial charge in [-0.1, -0.05) is 0 Å². The third-order valence-electron chi connectivity index (χ3n) is 3.22. The summed E-state index contributed by atoms with van der Waals surface area (Å²) in [5.74, 6) is 1.44. The largest absolute Gasteiger partial charge is 0.493 e. The van der Waals surface area contributed by atoms with Crippen molar-refractivity contribution in [3.05, 3.63) is 11.9 Å². The minimum atomic E-state index is 0.347. The number of hydrogen-bond acceptors (Lipinski definition) is 3. The van der Waals surface area contributed by atoms with Crippen LogP contribution in [0.3, 0.4) is 0 Å². The number of methoxy groups -OCH3 is 1. The van der Waals surface area contributed by atoms with E-state index < -0.39 is 0 Å². The van der Waals surface area contributed by atoms with Crippen molar-refractivity contribution in [1.29, 1.82) is 0 Å². The number of aryl methyl sites for hydroxylation is 1. The van der Waals surface area contributed by atoms with E-state index >= 15 is 0 Å². The van der Waals surface area contributed by atoms with Crippen molar-refractivity contribution >= 4 is 0 Å². The summed E-state index contributed by atoms with van der Waals surface area (Å²) in [5, 5.41) is 4.33. The summed E-state index contributed by atoms with van der Waals surface area (Å²) in [7, 11) is 1.70. The Balaban J connectivity index is 2.28. The molecule has 1 saturated carbocycles. The lowest BCUT2D eigenvalue weighted by Gasteiger charge is -2.13. The van der Waals surface area contributed by atoms with Gasteiger partial charge in [-0.15, -0.1) is 0 Å².